The normalized spacial score (nSPS) is 28.7. The molecule has 4 heteroatoms. The number of aliphatic carboxylic acids is 1. The van der Waals surface area contributed by atoms with Crippen LogP contribution in [0.3, 0.4) is 0 Å². The van der Waals surface area contributed by atoms with Gasteiger partial charge < -0.3 is 10.8 Å². The van der Waals surface area contributed by atoms with E-state index in [9.17, 15) is 9.59 Å². The minimum absolute atomic E-state index is 0.0278. The van der Waals surface area contributed by atoms with Gasteiger partial charge in [0.05, 0.1) is 0 Å². The van der Waals surface area contributed by atoms with Crippen LogP contribution in [-0.2, 0) is 9.59 Å². The minimum atomic E-state index is -0.840. The van der Waals surface area contributed by atoms with Crippen molar-refractivity contribution in [2.24, 2.45) is 17.6 Å². The lowest BCUT2D eigenvalue weighted by molar-refractivity contribution is -0.138. The van der Waals surface area contributed by atoms with Gasteiger partial charge >= 0.3 is 5.97 Å². The van der Waals surface area contributed by atoms with E-state index in [1.807, 2.05) is 0 Å². The molecule has 3 N–H and O–H groups in total. The molecule has 1 aliphatic carbocycles. The van der Waals surface area contributed by atoms with Gasteiger partial charge in [0.1, 0.15) is 0 Å². The molecule has 0 aromatic carbocycles. The van der Waals surface area contributed by atoms with E-state index in [2.05, 4.69) is 0 Å². The van der Waals surface area contributed by atoms with Gasteiger partial charge in [0.2, 0.25) is 5.91 Å². The topological polar surface area (TPSA) is 80.4 Å². The van der Waals surface area contributed by atoms with E-state index < -0.39 is 5.97 Å². The van der Waals surface area contributed by atoms with E-state index in [-0.39, 0.29) is 24.2 Å². The largest absolute Gasteiger partial charge is 0.481 e. The Morgan fingerprint density at radius 3 is 2.58 bits per heavy atom. The third kappa shape index (κ3) is 1.96. The predicted octanol–water partition coefficient (Wildman–Crippen LogP) is 0.363. The standard InChI is InChI=1S/C8H13NO3/c9-8(12)6-3-1-2-5(6)4-7(10)11/h5-6H,1-4H2,(H2,9,12)(H,10,11). The summed E-state index contributed by atoms with van der Waals surface area (Å²) < 4.78 is 0. The molecule has 4 nitrogen and oxygen atoms in total. The van der Waals surface area contributed by atoms with Crippen molar-refractivity contribution < 1.29 is 14.7 Å². The van der Waals surface area contributed by atoms with E-state index in [0.717, 1.165) is 19.3 Å². The van der Waals surface area contributed by atoms with Gasteiger partial charge in [-0.25, -0.2) is 0 Å². The Bertz CT molecular complexity index is 202. The summed E-state index contributed by atoms with van der Waals surface area (Å²) in [5.74, 6) is -1.42. The van der Waals surface area contributed by atoms with Crippen molar-refractivity contribution in [1.82, 2.24) is 0 Å². The second-order valence-electron chi connectivity index (χ2n) is 3.30. The summed E-state index contributed by atoms with van der Waals surface area (Å²) in [5.41, 5.74) is 5.13. The molecule has 1 aliphatic rings. The maximum absolute atomic E-state index is 10.8. The molecule has 1 fully saturated rings. The molecule has 1 saturated carbocycles. The minimum Gasteiger partial charge on any atom is -0.481 e. The van der Waals surface area contributed by atoms with Crippen LogP contribution in [0.1, 0.15) is 25.7 Å². The molecule has 68 valence electrons. The Morgan fingerprint density at radius 2 is 2.08 bits per heavy atom. The fourth-order valence-corrected chi connectivity index (χ4v) is 1.88. The summed E-state index contributed by atoms with van der Waals surface area (Å²) in [6.07, 6.45) is 2.58. The van der Waals surface area contributed by atoms with Gasteiger partial charge in [0, 0.05) is 12.3 Å². The van der Waals surface area contributed by atoms with E-state index in [1.165, 1.54) is 0 Å². The van der Waals surface area contributed by atoms with Gasteiger partial charge in [-0.2, -0.15) is 0 Å². The molecule has 0 aromatic rings. The number of rotatable bonds is 3. The van der Waals surface area contributed by atoms with Crippen LogP contribution in [-0.4, -0.2) is 17.0 Å². The monoisotopic (exact) mass is 171 g/mol. The molecule has 0 bridgehead atoms. The highest BCUT2D eigenvalue weighted by molar-refractivity contribution is 5.78. The number of nitrogens with two attached hydrogens (primary N) is 1. The maximum atomic E-state index is 10.8. The first-order valence-corrected chi connectivity index (χ1v) is 4.12. The molecule has 0 radical (unpaired) electrons. The molecule has 1 amide bonds. The highest BCUT2D eigenvalue weighted by Crippen LogP contribution is 2.33. The van der Waals surface area contributed by atoms with Gasteiger partial charge in [0.25, 0.3) is 0 Å². The van der Waals surface area contributed by atoms with Crippen LogP contribution < -0.4 is 5.73 Å². The first-order chi connectivity index (χ1) is 5.61. The third-order valence-corrected chi connectivity index (χ3v) is 2.46. The highest BCUT2D eigenvalue weighted by atomic mass is 16.4. The maximum Gasteiger partial charge on any atom is 0.303 e. The Kier molecular flexibility index (Phi) is 2.68. The zero-order chi connectivity index (χ0) is 9.14. The summed E-state index contributed by atoms with van der Waals surface area (Å²) in [6.45, 7) is 0. The van der Waals surface area contributed by atoms with Crippen LogP contribution in [0.15, 0.2) is 0 Å². The fraction of sp³-hybridized carbons (Fsp3) is 0.750. The second-order valence-corrected chi connectivity index (χ2v) is 3.30. The molecule has 2 unspecified atom stereocenters. The number of carbonyl (C=O) groups excluding carboxylic acids is 1. The molecule has 12 heavy (non-hydrogen) atoms. The first kappa shape index (κ1) is 9.03. The highest BCUT2D eigenvalue weighted by Gasteiger charge is 2.32. The summed E-state index contributed by atoms with van der Waals surface area (Å²) in [6, 6.07) is 0. The van der Waals surface area contributed by atoms with E-state index in [0.29, 0.717) is 0 Å². The lowest BCUT2D eigenvalue weighted by Gasteiger charge is -2.13. The summed E-state index contributed by atoms with van der Waals surface area (Å²) in [5, 5.41) is 8.52. The van der Waals surface area contributed by atoms with Crippen LogP contribution >= 0.6 is 0 Å². The van der Waals surface area contributed by atoms with Crippen LogP contribution in [0.25, 0.3) is 0 Å². The smallest absolute Gasteiger partial charge is 0.303 e. The average molecular weight is 171 g/mol. The quantitative estimate of drug-likeness (QED) is 0.643. The molecule has 0 heterocycles. The fourth-order valence-electron chi connectivity index (χ4n) is 1.88. The van der Waals surface area contributed by atoms with Gasteiger partial charge in [0.15, 0.2) is 0 Å². The lowest BCUT2D eigenvalue weighted by atomic mass is 9.92. The second kappa shape index (κ2) is 3.56. The lowest BCUT2D eigenvalue weighted by Crippen LogP contribution is -2.27. The average Bonchev–Trinajstić information content (AvgIpc) is 2.33. The Morgan fingerprint density at radius 1 is 1.42 bits per heavy atom. The number of hydrogen-bond acceptors (Lipinski definition) is 2. The summed E-state index contributed by atoms with van der Waals surface area (Å²) in [4.78, 5) is 21.2. The van der Waals surface area contributed by atoms with E-state index >= 15 is 0 Å². The van der Waals surface area contributed by atoms with Crippen molar-refractivity contribution in [3.63, 3.8) is 0 Å². The number of carboxylic acids is 1. The molecular formula is C8H13NO3. The molecule has 0 aromatic heterocycles. The first-order valence-electron chi connectivity index (χ1n) is 4.12. The van der Waals surface area contributed by atoms with Crippen molar-refractivity contribution in [3.8, 4) is 0 Å². The SMILES string of the molecule is NC(=O)C1CCCC1CC(=O)O. The number of primary amides is 1. The van der Waals surface area contributed by atoms with Crippen molar-refractivity contribution >= 4 is 11.9 Å². The van der Waals surface area contributed by atoms with Crippen LogP contribution in [0.4, 0.5) is 0 Å². The van der Waals surface area contributed by atoms with Crippen molar-refractivity contribution in [2.45, 2.75) is 25.7 Å². The van der Waals surface area contributed by atoms with Crippen LogP contribution in [0.5, 0.6) is 0 Å². The Labute approximate surface area is 70.7 Å². The molecule has 0 aliphatic heterocycles. The third-order valence-electron chi connectivity index (χ3n) is 2.46. The number of hydrogen-bond donors (Lipinski definition) is 2. The van der Waals surface area contributed by atoms with Gasteiger partial charge in [-0.3, -0.25) is 9.59 Å². The van der Waals surface area contributed by atoms with E-state index in [4.69, 9.17) is 10.8 Å². The molecule has 0 saturated heterocycles. The predicted molar refractivity (Wildman–Crippen MR) is 42.3 cm³/mol. The van der Waals surface area contributed by atoms with E-state index in [1.54, 1.807) is 0 Å². The summed E-state index contributed by atoms with van der Waals surface area (Å²) >= 11 is 0. The van der Waals surface area contributed by atoms with Crippen LogP contribution in [0, 0.1) is 11.8 Å². The number of carboxylic acid groups (broad SMARTS) is 1. The van der Waals surface area contributed by atoms with Crippen LogP contribution in [0.2, 0.25) is 0 Å². The molecular weight excluding hydrogens is 158 g/mol. The zero-order valence-corrected chi connectivity index (χ0v) is 6.82. The van der Waals surface area contributed by atoms with Crippen molar-refractivity contribution in [3.05, 3.63) is 0 Å². The Balaban J connectivity index is 2.52. The van der Waals surface area contributed by atoms with Gasteiger partial charge in [-0.1, -0.05) is 6.42 Å². The molecule has 0 spiro atoms. The molecule has 2 atom stereocenters. The number of amides is 1. The molecule has 1 rings (SSSR count). The van der Waals surface area contributed by atoms with Crippen molar-refractivity contribution in [1.29, 1.82) is 0 Å². The zero-order valence-electron chi connectivity index (χ0n) is 6.82. The Hall–Kier alpha value is -1.06. The number of carbonyl (C=O) groups is 2. The van der Waals surface area contributed by atoms with Gasteiger partial charge in [-0.15, -0.1) is 0 Å². The summed E-state index contributed by atoms with van der Waals surface area (Å²) in [7, 11) is 0. The van der Waals surface area contributed by atoms with Gasteiger partial charge in [-0.05, 0) is 18.8 Å². The van der Waals surface area contributed by atoms with Crippen molar-refractivity contribution in [2.75, 3.05) is 0 Å².